The minimum absolute atomic E-state index is 0.0123. The second-order valence-corrected chi connectivity index (χ2v) is 24.6. The van der Waals surface area contributed by atoms with Crippen LogP contribution in [0.2, 0.25) is 0 Å². The van der Waals surface area contributed by atoms with Crippen LogP contribution in [-0.2, 0) is 14.3 Å². The Morgan fingerprint density at radius 1 is 0.354 bits per heavy atom. The summed E-state index contributed by atoms with van der Waals surface area (Å²) < 4.78 is 5.48. The van der Waals surface area contributed by atoms with Crippen molar-refractivity contribution in [3.63, 3.8) is 0 Å². The Bertz CT molecular complexity index is 1280. The molecular weight excluding hydrogens is 971 g/mol. The number of carbonyl (C=O) groups is 2. The number of unbranched alkanes of at least 4 members (excludes halogenated alkanes) is 52. The lowest BCUT2D eigenvalue weighted by Gasteiger charge is -2.20. The van der Waals surface area contributed by atoms with E-state index in [-0.39, 0.29) is 18.5 Å². The van der Waals surface area contributed by atoms with Gasteiger partial charge in [0.25, 0.3) is 0 Å². The Kier molecular flexibility index (Phi) is 66.9. The predicted octanol–water partition coefficient (Wildman–Crippen LogP) is 23.1. The summed E-state index contributed by atoms with van der Waals surface area (Å²) in [5, 5.41) is 23.3. The quantitative estimate of drug-likeness (QED) is 0.0320. The molecule has 0 bridgehead atoms. The van der Waals surface area contributed by atoms with Gasteiger partial charge in [-0.1, -0.05) is 352 Å². The molecule has 0 spiro atoms. The molecule has 0 aromatic heterocycles. The van der Waals surface area contributed by atoms with Crippen LogP contribution in [0.15, 0.2) is 36.5 Å². The molecule has 0 aliphatic carbocycles. The first-order valence-electron chi connectivity index (χ1n) is 35.8. The van der Waals surface area contributed by atoms with E-state index in [0.29, 0.717) is 19.4 Å². The molecule has 466 valence electrons. The number of hydrogen-bond donors (Lipinski definition) is 3. The summed E-state index contributed by atoms with van der Waals surface area (Å²) in [6.45, 7) is 4.94. The summed E-state index contributed by atoms with van der Waals surface area (Å²) in [4.78, 5) is 24.6. The zero-order valence-electron chi connectivity index (χ0n) is 53.4. The number of rotatable bonds is 67. The number of aliphatic hydroxyl groups is 2. The van der Waals surface area contributed by atoms with Gasteiger partial charge in [0, 0.05) is 12.8 Å². The van der Waals surface area contributed by atoms with E-state index in [4.69, 9.17) is 4.74 Å². The number of amides is 1. The van der Waals surface area contributed by atoms with Crippen molar-refractivity contribution >= 4 is 11.9 Å². The van der Waals surface area contributed by atoms with Gasteiger partial charge < -0.3 is 20.3 Å². The molecule has 2 atom stereocenters. The van der Waals surface area contributed by atoms with E-state index in [9.17, 15) is 19.8 Å². The van der Waals surface area contributed by atoms with Crippen LogP contribution in [0.3, 0.4) is 0 Å². The Balaban J connectivity index is 3.44. The van der Waals surface area contributed by atoms with Crippen molar-refractivity contribution < 1.29 is 24.5 Å². The number of allylic oxidation sites excluding steroid dienone is 5. The highest BCUT2D eigenvalue weighted by molar-refractivity contribution is 5.76. The fourth-order valence-corrected chi connectivity index (χ4v) is 11.2. The molecule has 0 heterocycles. The van der Waals surface area contributed by atoms with Crippen LogP contribution in [0.25, 0.3) is 0 Å². The average molecular weight is 1110 g/mol. The summed E-state index contributed by atoms with van der Waals surface area (Å²) in [6.07, 6.45) is 87.9. The van der Waals surface area contributed by atoms with Gasteiger partial charge in [-0.25, -0.2) is 0 Å². The third kappa shape index (κ3) is 65.1. The van der Waals surface area contributed by atoms with Crippen LogP contribution in [0.1, 0.15) is 393 Å². The first-order chi connectivity index (χ1) is 39.0. The molecule has 0 aliphatic heterocycles. The van der Waals surface area contributed by atoms with Crippen LogP contribution < -0.4 is 5.32 Å². The highest BCUT2D eigenvalue weighted by Crippen LogP contribution is 2.18. The van der Waals surface area contributed by atoms with E-state index in [1.165, 1.54) is 321 Å². The van der Waals surface area contributed by atoms with E-state index in [2.05, 4.69) is 43.5 Å². The van der Waals surface area contributed by atoms with Crippen molar-refractivity contribution in [1.29, 1.82) is 0 Å². The summed E-state index contributed by atoms with van der Waals surface area (Å²) >= 11 is 0. The molecule has 0 aromatic rings. The summed E-state index contributed by atoms with van der Waals surface area (Å²) in [7, 11) is 0. The van der Waals surface area contributed by atoms with Crippen molar-refractivity contribution in [3.05, 3.63) is 36.5 Å². The molecule has 6 nitrogen and oxygen atoms in total. The monoisotopic (exact) mass is 1110 g/mol. The number of esters is 1. The number of hydrogen-bond acceptors (Lipinski definition) is 5. The molecule has 79 heavy (non-hydrogen) atoms. The fraction of sp³-hybridized carbons (Fsp3) is 0.890. The number of aliphatic hydroxyl groups excluding tert-OH is 2. The molecule has 0 saturated carbocycles. The largest absolute Gasteiger partial charge is 0.466 e. The Morgan fingerprint density at radius 2 is 0.633 bits per heavy atom. The smallest absolute Gasteiger partial charge is 0.305 e. The van der Waals surface area contributed by atoms with Crippen molar-refractivity contribution in [3.8, 4) is 0 Å². The van der Waals surface area contributed by atoms with Crippen molar-refractivity contribution in [1.82, 2.24) is 5.32 Å². The summed E-state index contributed by atoms with van der Waals surface area (Å²) in [6, 6.07) is -0.632. The topological polar surface area (TPSA) is 95.9 Å². The third-order valence-corrected chi connectivity index (χ3v) is 16.7. The van der Waals surface area contributed by atoms with Crippen LogP contribution in [0.5, 0.6) is 0 Å². The van der Waals surface area contributed by atoms with Gasteiger partial charge in [0.1, 0.15) is 0 Å². The van der Waals surface area contributed by atoms with Gasteiger partial charge in [-0.2, -0.15) is 0 Å². The van der Waals surface area contributed by atoms with Crippen molar-refractivity contribution in [2.24, 2.45) is 0 Å². The maximum Gasteiger partial charge on any atom is 0.305 e. The summed E-state index contributed by atoms with van der Waals surface area (Å²) in [5.74, 6) is -0.0551. The lowest BCUT2D eigenvalue weighted by molar-refractivity contribution is -0.143. The first kappa shape index (κ1) is 77.1. The second kappa shape index (κ2) is 68.6. The van der Waals surface area contributed by atoms with Gasteiger partial charge in [0.2, 0.25) is 5.91 Å². The molecule has 0 fully saturated rings. The van der Waals surface area contributed by atoms with E-state index in [1.807, 2.05) is 6.08 Å². The maximum atomic E-state index is 12.5. The lowest BCUT2D eigenvalue weighted by atomic mass is 10.0. The fourth-order valence-electron chi connectivity index (χ4n) is 11.2. The normalized spacial score (nSPS) is 12.7. The highest BCUT2D eigenvalue weighted by Gasteiger charge is 2.18. The van der Waals surface area contributed by atoms with E-state index in [0.717, 1.165) is 44.9 Å². The average Bonchev–Trinajstić information content (AvgIpc) is 3.45. The molecular formula is C73H139NO5. The van der Waals surface area contributed by atoms with Gasteiger partial charge in [0.05, 0.1) is 25.4 Å². The first-order valence-corrected chi connectivity index (χ1v) is 35.8. The highest BCUT2D eigenvalue weighted by atomic mass is 16.5. The van der Waals surface area contributed by atoms with E-state index in [1.54, 1.807) is 6.08 Å². The predicted molar refractivity (Wildman–Crippen MR) is 347 cm³/mol. The standard InChI is InChI=1S/C73H139NO5/c1-3-5-7-9-11-13-15-17-18-19-20-21-29-32-35-38-42-45-49-53-57-61-65-71(76)70(69-75)74-72(77)66-62-58-54-50-46-43-39-36-33-30-27-25-23-22-24-26-28-31-34-37-40-44-48-52-56-60-64-68-79-73(78)67-63-59-55-51-47-41-16-14-12-10-8-6-4-2/h22-23,26,28,61,65,70-71,75-76H,3-21,24-25,27,29-60,62-64,66-69H2,1-2H3,(H,74,77)/b23-22-,28-26-,65-61+. The Hall–Kier alpha value is -1.92. The molecule has 0 saturated heterocycles. The van der Waals surface area contributed by atoms with Crippen molar-refractivity contribution in [2.75, 3.05) is 13.2 Å². The summed E-state index contributed by atoms with van der Waals surface area (Å²) in [5.41, 5.74) is 0. The lowest BCUT2D eigenvalue weighted by Crippen LogP contribution is -2.45. The van der Waals surface area contributed by atoms with Gasteiger partial charge in [-0.15, -0.1) is 0 Å². The second-order valence-electron chi connectivity index (χ2n) is 24.6. The SMILES string of the molecule is CCCCCCCCCCCCCCCCCCCCCC/C=C/C(O)C(CO)NC(=O)CCCCCCCCCCCCC/C=C\C/C=C\CCCCCCCCCCCOC(=O)CCCCCCCCCCCCCCC. The Labute approximate surface area is 494 Å². The molecule has 1 amide bonds. The molecule has 0 aliphatic rings. The molecule has 2 unspecified atom stereocenters. The van der Waals surface area contributed by atoms with Gasteiger partial charge in [0.15, 0.2) is 0 Å². The minimum atomic E-state index is -0.848. The van der Waals surface area contributed by atoms with Crippen LogP contribution in [-0.4, -0.2) is 47.4 Å². The third-order valence-electron chi connectivity index (χ3n) is 16.7. The van der Waals surface area contributed by atoms with Gasteiger partial charge >= 0.3 is 5.97 Å². The van der Waals surface area contributed by atoms with Crippen LogP contribution >= 0.6 is 0 Å². The maximum absolute atomic E-state index is 12.5. The van der Waals surface area contributed by atoms with Crippen LogP contribution in [0.4, 0.5) is 0 Å². The van der Waals surface area contributed by atoms with Gasteiger partial charge in [-0.05, 0) is 64.2 Å². The Morgan fingerprint density at radius 3 is 0.962 bits per heavy atom. The molecule has 6 heteroatoms. The molecule has 0 radical (unpaired) electrons. The van der Waals surface area contributed by atoms with E-state index >= 15 is 0 Å². The minimum Gasteiger partial charge on any atom is -0.466 e. The molecule has 0 aromatic carbocycles. The number of nitrogens with one attached hydrogen (secondary N) is 1. The zero-order valence-corrected chi connectivity index (χ0v) is 53.4. The van der Waals surface area contributed by atoms with Crippen molar-refractivity contribution in [2.45, 2.75) is 405 Å². The molecule has 0 rings (SSSR count). The molecule has 3 N–H and O–H groups in total. The zero-order chi connectivity index (χ0) is 57.1. The van der Waals surface area contributed by atoms with Crippen LogP contribution in [0, 0.1) is 0 Å². The van der Waals surface area contributed by atoms with Gasteiger partial charge in [-0.3, -0.25) is 9.59 Å². The van der Waals surface area contributed by atoms with E-state index < -0.39 is 12.1 Å². The number of carbonyl (C=O) groups excluding carboxylic acids is 2. The number of ether oxygens (including phenoxy) is 1.